The third-order valence-electron chi connectivity index (χ3n) is 12.5. The summed E-state index contributed by atoms with van der Waals surface area (Å²) in [5, 5.41) is 6.83. The Morgan fingerprint density at radius 2 is 1.47 bits per heavy atom. The molecule has 0 spiro atoms. The highest BCUT2D eigenvalue weighted by molar-refractivity contribution is 6.06. The minimum atomic E-state index is -0.439. The van der Waals surface area contributed by atoms with Crippen LogP contribution >= 0.6 is 0 Å². The number of hydrogen-bond donors (Lipinski definition) is 1. The maximum absolute atomic E-state index is 13.3. The van der Waals surface area contributed by atoms with Gasteiger partial charge < -0.3 is 23.6 Å². The third kappa shape index (κ3) is 6.33. The molecule has 4 saturated carbocycles. The van der Waals surface area contributed by atoms with Gasteiger partial charge in [-0.2, -0.15) is 0 Å². The standard InChI is InChI=1S/C47H42N2O6/c1-52-41-9-7-33(27-40(41)43-37-20-28-19-29(22-37)23-38(43)21-28)31-3-4-32-25-36(6-5-30(32)24-31)47(51)48-39-11-15-49(16-12-39)14-2-17-53-46-44-35(13-18-54-44)26-34-8-10-42(50)55-45(34)46/h3-13,15-16,18,24-29,37-38,43H,2,14,17,19-23H2,1H3/p+1. The number of rotatable bonds is 10. The van der Waals surface area contributed by atoms with Crippen LogP contribution in [0.2, 0.25) is 0 Å². The molecule has 1 N–H and O–H groups in total. The van der Waals surface area contributed by atoms with Crippen molar-refractivity contribution in [2.75, 3.05) is 19.0 Å². The first-order valence-electron chi connectivity index (χ1n) is 19.6. The number of amides is 1. The lowest BCUT2D eigenvalue weighted by Crippen LogP contribution is -2.43. The summed E-state index contributed by atoms with van der Waals surface area (Å²) in [5.41, 5.74) is 5.62. The fourth-order valence-electron chi connectivity index (χ4n) is 10.2. The van der Waals surface area contributed by atoms with Crippen molar-refractivity contribution in [3.05, 3.63) is 131 Å². The van der Waals surface area contributed by atoms with Gasteiger partial charge in [-0.3, -0.25) is 4.79 Å². The molecule has 8 heteroatoms. The van der Waals surface area contributed by atoms with Crippen molar-refractivity contribution < 1.29 is 27.7 Å². The van der Waals surface area contributed by atoms with Crippen molar-refractivity contribution in [3.63, 3.8) is 0 Å². The van der Waals surface area contributed by atoms with Gasteiger partial charge in [0, 0.05) is 41.0 Å². The zero-order valence-corrected chi connectivity index (χ0v) is 30.8. The van der Waals surface area contributed by atoms with E-state index in [1.165, 1.54) is 54.9 Å². The van der Waals surface area contributed by atoms with Crippen LogP contribution in [0.3, 0.4) is 0 Å². The first-order valence-corrected chi connectivity index (χ1v) is 19.6. The molecule has 8 nitrogen and oxygen atoms in total. The number of aromatic nitrogens is 1. The molecule has 4 bridgehead atoms. The van der Waals surface area contributed by atoms with Crippen LogP contribution in [0.25, 0.3) is 43.8 Å². The predicted octanol–water partition coefficient (Wildman–Crippen LogP) is 9.92. The number of furan rings is 1. The van der Waals surface area contributed by atoms with E-state index in [9.17, 15) is 9.59 Å². The highest BCUT2D eigenvalue weighted by Crippen LogP contribution is 2.61. The van der Waals surface area contributed by atoms with Crippen molar-refractivity contribution in [3.8, 4) is 22.6 Å². The molecule has 4 fully saturated rings. The van der Waals surface area contributed by atoms with E-state index in [-0.39, 0.29) is 5.91 Å². The summed E-state index contributed by atoms with van der Waals surface area (Å²) in [6.07, 6.45) is 13.2. The Morgan fingerprint density at radius 3 is 2.27 bits per heavy atom. The Morgan fingerprint density at radius 1 is 0.764 bits per heavy atom. The van der Waals surface area contributed by atoms with Crippen molar-refractivity contribution in [2.24, 2.45) is 23.7 Å². The largest absolute Gasteiger partial charge is 0.496 e. The molecular formula is C47H43N2O6+. The molecule has 4 aromatic carbocycles. The number of carbonyl (C=O) groups excluding carboxylic acids is 1. The number of fused-ring (bicyclic) bond motifs is 3. The highest BCUT2D eigenvalue weighted by atomic mass is 16.5. The maximum Gasteiger partial charge on any atom is 0.336 e. The number of benzene rings is 4. The second-order valence-corrected chi connectivity index (χ2v) is 15.9. The molecule has 0 aliphatic heterocycles. The number of carbonyl (C=O) groups is 1. The van der Waals surface area contributed by atoms with E-state index in [1.54, 1.807) is 12.3 Å². The number of aryl methyl sites for hydroxylation is 1. The number of methoxy groups -OCH3 is 1. The zero-order valence-electron chi connectivity index (χ0n) is 30.8. The lowest BCUT2D eigenvalue weighted by molar-refractivity contribution is -0.697. The number of nitrogens with one attached hydrogen (secondary N) is 1. The smallest absolute Gasteiger partial charge is 0.336 e. The topological polar surface area (TPSA) is 94.8 Å². The van der Waals surface area contributed by atoms with E-state index in [0.717, 1.165) is 51.0 Å². The number of pyridine rings is 1. The number of nitrogens with zero attached hydrogens (tertiary/aromatic N) is 1. The van der Waals surface area contributed by atoms with Crippen LogP contribution in [0.4, 0.5) is 5.69 Å². The van der Waals surface area contributed by atoms with E-state index in [2.05, 4.69) is 41.7 Å². The lowest BCUT2D eigenvalue weighted by Gasteiger charge is -2.54. The second kappa shape index (κ2) is 13.8. The normalized spacial score (nSPS) is 21.4. The predicted molar refractivity (Wildman–Crippen MR) is 213 cm³/mol. The quantitative estimate of drug-likeness (QED) is 0.0855. The molecule has 4 aliphatic carbocycles. The van der Waals surface area contributed by atoms with Crippen molar-refractivity contribution in [1.29, 1.82) is 0 Å². The van der Waals surface area contributed by atoms with Gasteiger partial charge in [0.2, 0.25) is 5.75 Å². The Labute approximate surface area is 318 Å². The Balaban J connectivity index is 0.785. The van der Waals surface area contributed by atoms with Crippen LogP contribution in [-0.4, -0.2) is 19.6 Å². The summed E-state index contributed by atoms with van der Waals surface area (Å²) in [4.78, 5) is 25.3. The van der Waals surface area contributed by atoms with Gasteiger partial charge in [0.25, 0.3) is 5.91 Å². The lowest BCUT2D eigenvalue weighted by atomic mass is 9.50. The summed E-state index contributed by atoms with van der Waals surface area (Å²) in [7, 11) is 1.81. The summed E-state index contributed by atoms with van der Waals surface area (Å²) in [6.45, 7) is 1.09. The first-order chi connectivity index (χ1) is 27.0. The number of hydrogen-bond acceptors (Lipinski definition) is 6. The molecule has 11 rings (SSSR count). The SMILES string of the molecule is COc1ccc(-c2ccc3cc(C(=O)Nc4cc[n+](CCCOc5c6occc6cc6ccc(=O)oc56)cc4)ccc3c2)cc1C1C2CC3CC(C2)CC1C3. The van der Waals surface area contributed by atoms with E-state index < -0.39 is 5.63 Å². The molecule has 4 aliphatic rings. The zero-order chi connectivity index (χ0) is 37.0. The van der Waals surface area contributed by atoms with Gasteiger partial charge in [-0.25, -0.2) is 9.36 Å². The molecule has 276 valence electrons. The summed E-state index contributed by atoms with van der Waals surface area (Å²) < 4.78 is 25.2. The molecule has 3 heterocycles. The number of anilines is 1. The van der Waals surface area contributed by atoms with Gasteiger partial charge in [-0.1, -0.05) is 24.3 Å². The second-order valence-electron chi connectivity index (χ2n) is 15.9. The molecule has 0 saturated heterocycles. The van der Waals surface area contributed by atoms with E-state index >= 15 is 0 Å². The third-order valence-corrected chi connectivity index (χ3v) is 12.5. The van der Waals surface area contributed by atoms with Crippen molar-refractivity contribution in [1.82, 2.24) is 0 Å². The van der Waals surface area contributed by atoms with Gasteiger partial charge >= 0.3 is 5.63 Å². The van der Waals surface area contributed by atoms with Gasteiger partial charge in [0.05, 0.1) is 25.7 Å². The minimum Gasteiger partial charge on any atom is -0.496 e. The summed E-state index contributed by atoms with van der Waals surface area (Å²) >= 11 is 0. The molecule has 1 amide bonds. The van der Waals surface area contributed by atoms with Crippen LogP contribution in [-0.2, 0) is 6.54 Å². The summed E-state index contributed by atoms with van der Waals surface area (Å²) in [6, 6.07) is 29.9. The highest BCUT2D eigenvalue weighted by Gasteiger charge is 2.49. The van der Waals surface area contributed by atoms with Gasteiger partial charge in [-0.05, 0) is 138 Å². The molecule has 3 aromatic heterocycles. The van der Waals surface area contributed by atoms with Gasteiger partial charge in [0.15, 0.2) is 30.1 Å². The molecule has 0 unspecified atom stereocenters. The van der Waals surface area contributed by atoms with Crippen LogP contribution in [0.1, 0.15) is 60.4 Å². The van der Waals surface area contributed by atoms with E-state index in [0.29, 0.717) is 53.7 Å². The molecular weight excluding hydrogens is 689 g/mol. The van der Waals surface area contributed by atoms with Crippen molar-refractivity contribution in [2.45, 2.75) is 51.0 Å². The van der Waals surface area contributed by atoms with Crippen molar-refractivity contribution >= 4 is 44.3 Å². The van der Waals surface area contributed by atoms with Gasteiger partial charge in [-0.15, -0.1) is 0 Å². The Kier molecular flexibility index (Phi) is 8.42. The molecule has 0 radical (unpaired) electrons. The average molecular weight is 732 g/mol. The maximum atomic E-state index is 13.3. The molecule has 55 heavy (non-hydrogen) atoms. The number of ether oxygens (including phenoxy) is 2. The minimum absolute atomic E-state index is 0.154. The van der Waals surface area contributed by atoms with Gasteiger partial charge in [0.1, 0.15) is 5.75 Å². The van der Waals surface area contributed by atoms with E-state index in [1.807, 2.05) is 66.5 Å². The monoisotopic (exact) mass is 731 g/mol. The fraction of sp³-hybridized carbons (Fsp3) is 0.298. The van der Waals surface area contributed by atoms with Crippen LogP contribution in [0.15, 0.2) is 123 Å². The van der Waals surface area contributed by atoms with E-state index in [4.69, 9.17) is 18.3 Å². The first kappa shape index (κ1) is 33.7. The fourth-order valence-corrected chi connectivity index (χ4v) is 10.2. The molecule has 7 aromatic rings. The van der Waals surface area contributed by atoms with Crippen LogP contribution < -0.4 is 25.0 Å². The molecule has 0 atom stereocenters. The Hall–Kier alpha value is -5.89. The Bertz CT molecular complexity index is 2610. The average Bonchev–Trinajstić information content (AvgIpc) is 3.67. The van der Waals surface area contributed by atoms with Crippen LogP contribution in [0.5, 0.6) is 11.5 Å². The summed E-state index contributed by atoms with van der Waals surface area (Å²) in [5.74, 6) is 5.36. The van der Waals surface area contributed by atoms with Crippen LogP contribution in [0, 0.1) is 23.7 Å².